The maximum Gasteiger partial charge on any atom is 0.244 e. The Morgan fingerprint density at radius 3 is 2.88 bits per heavy atom. The van der Waals surface area contributed by atoms with Crippen LogP contribution in [0.2, 0.25) is 0 Å². The molecule has 0 unspecified atom stereocenters. The Hall–Kier alpha value is -3.12. The fraction of sp³-hybridized carbons (Fsp3) is 0.200. The van der Waals surface area contributed by atoms with E-state index in [0.717, 1.165) is 27.9 Å². The summed E-state index contributed by atoms with van der Waals surface area (Å²) in [7, 11) is 1.63. The Labute approximate surface area is 152 Å². The molecule has 0 spiro atoms. The number of H-pyrrole nitrogens is 1. The number of hydrogen-bond acceptors (Lipinski definition) is 4. The summed E-state index contributed by atoms with van der Waals surface area (Å²) < 4.78 is 5.15. The molecule has 0 aliphatic rings. The molecule has 6 heteroatoms. The van der Waals surface area contributed by atoms with E-state index in [1.807, 2.05) is 42.6 Å². The first-order valence-corrected chi connectivity index (χ1v) is 8.43. The molecule has 0 saturated carbocycles. The maximum atomic E-state index is 12.2. The maximum absolute atomic E-state index is 12.2. The van der Waals surface area contributed by atoms with Crippen molar-refractivity contribution in [2.45, 2.75) is 12.5 Å². The van der Waals surface area contributed by atoms with Crippen LogP contribution in [0.15, 0.2) is 54.9 Å². The molecular weight excluding hydrogens is 328 g/mol. The van der Waals surface area contributed by atoms with Crippen molar-refractivity contribution in [3.63, 3.8) is 0 Å². The molecule has 1 aromatic carbocycles. The van der Waals surface area contributed by atoms with Gasteiger partial charge in [-0.1, -0.05) is 12.1 Å². The second-order valence-corrected chi connectivity index (χ2v) is 5.97. The standard InChI is InChI=1S/C20H22N4O2/c1-26-17-7-4-14(5-8-17)11-16(12-21)24-19(25)9-6-15-13-23-20-18(15)3-2-10-22-20/h2-10,13,16H,11-12,21H2,1H3,(H,22,23)(H,24,25)/b9-6+/t16-/m0/s1. The van der Waals surface area contributed by atoms with E-state index in [4.69, 9.17) is 10.5 Å². The number of fused-ring (bicyclic) bond motifs is 1. The Kier molecular flexibility index (Phi) is 5.66. The molecule has 0 saturated heterocycles. The number of carbonyl (C=O) groups is 1. The van der Waals surface area contributed by atoms with Gasteiger partial charge in [0.15, 0.2) is 0 Å². The van der Waals surface area contributed by atoms with Gasteiger partial charge < -0.3 is 20.8 Å². The fourth-order valence-electron chi connectivity index (χ4n) is 2.77. The highest BCUT2D eigenvalue weighted by molar-refractivity contribution is 5.95. The zero-order valence-electron chi connectivity index (χ0n) is 14.6. The van der Waals surface area contributed by atoms with Crippen molar-refractivity contribution in [1.82, 2.24) is 15.3 Å². The number of nitrogens with zero attached hydrogens (tertiary/aromatic N) is 1. The highest BCUT2D eigenvalue weighted by atomic mass is 16.5. The Bertz CT molecular complexity index is 900. The summed E-state index contributed by atoms with van der Waals surface area (Å²) in [4.78, 5) is 19.6. The number of ether oxygens (including phenoxy) is 1. The molecule has 0 radical (unpaired) electrons. The summed E-state index contributed by atoms with van der Waals surface area (Å²) in [6.45, 7) is 0.364. The number of benzene rings is 1. The van der Waals surface area contributed by atoms with Crippen molar-refractivity contribution in [3.8, 4) is 5.75 Å². The van der Waals surface area contributed by atoms with E-state index >= 15 is 0 Å². The Balaban J connectivity index is 1.61. The summed E-state index contributed by atoms with van der Waals surface area (Å²) in [5.74, 6) is 0.630. The number of aromatic amines is 1. The summed E-state index contributed by atoms with van der Waals surface area (Å²) >= 11 is 0. The Morgan fingerprint density at radius 1 is 1.35 bits per heavy atom. The number of pyridine rings is 1. The molecule has 2 aromatic heterocycles. The fourth-order valence-corrected chi connectivity index (χ4v) is 2.77. The number of amides is 1. The summed E-state index contributed by atoms with van der Waals surface area (Å²) in [5, 5.41) is 3.92. The lowest BCUT2D eigenvalue weighted by molar-refractivity contribution is -0.117. The first-order valence-electron chi connectivity index (χ1n) is 8.43. The van der Waals surface area contributed by atoms with Crippen molar-refractivity contribution < 1.29 is 9.53 Å². The van der Waals surface area contributed by atoms with Crippen molar-refractivity contribution in [3.05, 3.63) is 66.0 Å². The highest BCUT2D eigenvalue weighted by Crippen LogP contribution is 2.17. The molecule has 6 nitrogen and oxygen atoms in total. The van der Waals surface area contributed by atoms with Gasteiger partial charge in [-0.2, -0.15) is 0 Å². The molecule has 134 valence electrons. The van der Waals surface area contributed by atoms with Gasteiger partial charge in [-0.25, -0.2) is 4.98 Å². The minimum absolute atomic E-state index is 0.134. The van der Waals surface area contributed by atoms with E-state index in [9.17, 15) is 4.79 Å². The van der Waals surface area contributed by atoms with Gasteiger partial charge in [0.2, 0.25) is 5.91 Å². The van der Waals surface area contributed by atoms with Crippen LogP contribution in [-0.4, -0.2) is 35.6 Å². The monoisotopic (exact) mass is 350 g/mol. The van der Waals surface area contributed by atoms with Gasteiger partial charge >= 0.3 is 0 Å². The third-order valence-electron chi connectivity index (χ3n) is 4.17. The number of nitrogens with two attached hydrogens (primary N) is 1. The van der Waals surface area contributed by atoms with Crippen molar-refractivity contribution in [2.75, 3.05) is 13.7 Å². The molecule has 4 N–H and O–H groups in total. The van der Waals surface area contributed by atoms with Crippen LogP contribution in [0.4, 0.5) is 0 Å². The van der Waals surface area contributed by atoms with E-state index in [0.29, 0.717) is 13.0 Å². The van der Waals surface area contributed by atoms with E-state index in [1.165, 1.54) is 6.08 Å². The van der Waals surface area contributed by atoms with Gasteiger partial charge in [0.25, 0.3) is 0 Å². The van der Waals surface area contributed by atoms with Gasteiger partial charge in [-0.3, -0.25) is 4.79 Å². The van der Waals surface area contributed by atoms with Crippen molar-refractivity contribution in [2.24, 2.45) is 5.73 Å². The lowest BCUT2D eigenvalue weighted by Gasteiger charge is -2.16. The first kappa shape index (κ1) is 17.7. The van der Waals surface area contributed by atoms with Gasteiger partial charge in [0, 0.05) is 42.0 Å². The number of rotatable bonds is 7. The zero-order valence-corrected chi connectivity index (χ0v) is 14.6. The normalized spacial score (nSPS) is 12.4. The minimum atomic E-state index is -0.174. The smallest absolute Gasteiger partial charge is 0.244 e. The molecule has 0 aliphatic carbocycles. The van der Waals surface area contributed by atoms with E-state index in [-0.39, 0.29) is 11.9 Å². The molecular formula is C20H22N4O2. The van der Waals surface area contributed by atoms with Gasteiger partial charge in [-0.15, -0.1) is 0 Å². The van der Waals surface area contributed by atoms with Gasteiger partial charge in [-0.05, 0) is 42.3 Å². The van der Waals surface area contributed by atoms with Crippen LogP contribution < -0.4 is 15.8 Å². The third kappa shape index (κ3) is 4.29. The lowest BCUT2D eigenvalue weighted by atomic mass is 10.1. The summed E-state index contributed by atoms with van der Waals surface area (Å²) in [6.07, 6.45) is 7.52. The average molecular weight is 350 g/mol. The molecule has 26 heavy (non-hydrogen) atoms. The van der Waals surface area contributed by atoms with E-state index in [1.54, 1.807) is 19.4 Å². The molecule has 3 aromatic rings. The van der Waals surface area contributed by atoms with Crippen molar-refractivity contribution in [1.29, 1.82) is 0 Å². The lowest BCUT2D eigenvalue weighted by Crippen LogP contribution is -2.40. The molecule has 0 fully saturated rings. The summed E-state index contributed by atoms with van der Waals surface area (Å²) in [5.41, 5.74) is 8.62. The molecule has 1 atom stereocenters. The average Bonchev–Trinajstić information content (AvgIpc) is 3.09. The topological polar surface area (TPSA) is 93.0 Å². The second-order valence-electron chi connectivity index (χ2n) is 5.97. The van der Waals surface area contributed by atoms with Crippen LogP contribution in [-0.2, 0) is 11.2 Å². The van der Waals surface area contributed by atoms with Crippen LogP contribution in [0.25, 0.3) is 17.1 Å². The van der Waals surface area contributed by atoms with Crippen LogP contribution in [0.5, 0.6) is 5.75 Å². The summed E-state index contributed by atoms with van der Waals surface area (Å²) in [6, 6.07) is 11.4. The predicted molar refractivity (Wildman–Crippen MR) is 103 cm³/mol. The molecule has 3 rings (SSSR count). The van der Waals surface area contributed by atoms with Gasteiger partial charge in [0.1, 0.15) is 11.4 Å². The largest absolute Gasteiger partial charge is 0.497 e. The minimum Gasteiger partial charge on any atom is -0.497 e. The van der Waals surface area contributed by atoms with Gasteiger partial charge in [0.05, 0.1) is 7.11 Å². The molecule has 1 amide bonds. The first-order chi connectivity index (χ1) is 12.7. The number of aromatic nitrogens is 2. The van der Waals surface area contributed by atoms with E-state index in [2.05, 4.69) is 15.3 Å². The van der Waals surface area contributed by atoms with Crippen LogP contribution >= 0.6 is 0 Å². The van der Waals surface area contributed by atoms with Crippen LogP contribution in [0.3, 0.4) is 0 Å². The molecule has 0 aliphatic heterocycles. The van der Waals surface area contributed by atoms with Crippen molar-refractivity contribution >= 4 is 23.0 Å². The SMILES string of the molecule is COc1ccc(C[C@@H](CN)NC(=O)/C=C/c2c[nH]c3ncccc23)cc1. The number of carbonyl (C=O) groups excluding carboxylic acids is 1. The number of hydrogen-bond donors (Lipinski definition) is 3. The highest BCUT2D eigenvalue weighted by Gasteiger charge is 2.10. The second kappa shape index (κ2) is 8.31. The quantitative estimate of drug-likeness (QED) is 0.570. The zero-order chi connectivity index (χ0) is 18.4. The number of nitrogens with one attached hydrogen (secondary N) is 2. The van der Waals surface area contributed by atoms with Crippen LogP contribution in [0.1, 0.15) is 11.1 Å². The van der Waals surface area contributed by atoms with E-state index < -0.39 is 0 Å². The Morgan fingerprint density at radius 2 is 2.15 bits per heavy atom. The molecule has 0 bridgehead atoms. The number of methoxy groups -OCH3 is 1. The predicted octanol–water partition coefficient (Wildman–Crippen LogP) is 2.27. The van der Waals surface area contributed by atoms with Crippen LogP contribution in [0, 0.1) is 0 Å². The molecule has 2 heterocycles. The third-order valence-corrected chi connectivity index (χ3v) is 4.17.